The summed E-state index contributed by atoms with van der Waals surface area (Å²) in [6.45, 7) is 3.05. The summed E-state index contributed by atoms with van der Waals surface area (Å²) < 4.78 is 25.9. The highest BCUT2D eigenvalue weighted by molar-refractivity contribution is 7.91. The maximum atomic E-state index is 12.3. The molecule has 1 N–H and O–H groups in total. The highest BCUT2D eigenvalue weighted by Crippen LogP contribution is 2.18. The van der Waals surface area contributed by atoms with Gasteiger partial charge in [-0.3, -0.25) is 4.79 Å². The molecule has 0 spiro atoms. The van der Waals surface area contributed by atoms with E-state index in [9.17, 15) is 13.2 Å². The number of amides is 1. The minimum Gasteiger partial charge on any atom is -0.390 e. The third-order valence-electron chi connectivity index (χ3n) is 3.93. The second kappa shape index (κ2) is 6.15. The Kier molecular flexibility index (Phi) is 4.67. The van der Waals surface area contributed by atoms with Crippen LogP contribution in [0.5, 0.6) is 0 Å². The van der Waals surface area contributed by atoms with Crippen molar-refractivity contribution in [1.82, 2.24) is 14.5 Å². The van der Waals surface area contributed by atoms with Crippen LogP contribution in [0.1, 0.15) is 25.5 Å². The Balaban J connectivity index is 2.10. The first kappa shape index (κ1) is 16.0. The number of sulfone groups is 1. The van der Waals surface area contributed by atoms with Gasteiger partial charge in [0.1, 0.15) is 5.75 Å². The number of carbonyl (C=O) groups is 1. The van der Waals surface area contributed by atoms with Gasteiger partial charge in [-0.1, -0.05) is 6.92 Å². The number of hydrogen-bond acceptors (Lipinski definition) is 5. The van der Waals surface area contributed by atoms with Crippen molar-refractivity contribution in [3.63, 3.8) is 0 Å². The van der Waals surface area contributed by atoms with Crippen molar-refractivity contribution in [1.29, 1.82) is 0 Å². The van der Waals surface area contributed by atoms with Crippen LogP contribution >= 0.6 is 0 Å². The maximum absolute atomic E-state index is 12.3. The second-order valence-corrected chi connectivity index (χ2v) is 7.45. The molecule has 2 heterocycles. The topological polar surface area (TPSA) is 92.5 Å². The second-order valence-electron chi connectivity index (χ2n) is 5.57. The molecule has 0 radical (unpaired) electrons. The van der Waals surface area contributed by atoms with E-state index < -0.39 is 15.6 Å². The predicted octanol–water partition coefficient (Wildman–Crippen LogP) is -0.0554. The van der Waals surface area contributed by atoms with E-state index in [4.69, 9.17) is 5.11 Å². The maximum Gasteiger partial charge on any atom is 0.238 e. The summed E-state index contributed by atoms with van der Waals surface area (Å²) in [6, 6.07) is 0. The average Bonchev–Trinajstić information content (AvgIpc) is 2.80. The van der Waals surface area contributed by atoms with Crippen LogP contribution in [-0.4, -0.2) is 52.7 Å². The Morgan fingerprint density at radius 2 is 2.05 bits per heavy atom. The molecular weight excluding hydrogens is 294 g/mol. The van der Waals surface area contributed by atoms with Gasteiger partial charge in [0.2, 0.25) is 20.9 Å². The van der Waals surface area contributed by atoms with E-state index in [-0.39, 0.29) is 17.7 Å². The van der Waals surface area contributed by atoms with Gasteiger partial charge < -0.3 is 14.6 Å². The molecule has 7 nitrogen and oxygen atoms in total. The SMILES string of the molecule is CC1CCN(C(=O)CS(=O)(=O)c2ncc(CO)n2C)CC1. The predicted molar refractivity (Wildman–Crippen MR) is 76.2 cm³/mol. The van der Waals surface area contributed by atoms with Crippen LogP contribution in [0, 0.1) is 5.92 Å². The Morgan fingerprint density at radius 3 is 2.57 bits per heavy atom. The zero-order valence-corrected chi connectivity index (χ0v) is 13.1. The summed E-state index contributed by atoms with van der Waals surface area (Å²) in [5, 5.41) is 8.90. The number of rotatable bonds is 4. The summed E-state index contributed by atoms with van der Waals surface area (Å²) in [5.74, 6) is -0.375. The van der Waals surface area contributed by atoms with Crippen molar-refractivity contribution in [3.8, 4) is 0 Å². The van der Waals surface area contributed by atoms with Gasteiger partial charge in [0, 0.05) is 20.1 Å². The van der Waals surface area contributed by atoms with Crippen molar-refractivity contribution in [2.24, 2.45) is 13.0 Å². The normalized spacial score (nSPS) is 17.2. The molecule has 1 fully saturated rings. The summed E-state index contributed by atoms with van der Waals surface area (Å²) in [4.78, 5) is 17.6. The lowest BCUT2D eigenvalue weighted by atomic mass is 9.99. The fraction of sp³-hybridized carbons (Fsp3) is 0.692. The molecular formula is C13H21N3O4S. The van der Waals surface area contributed by atoms with Crippen LogP contribution in [0.3, 0.4) is 0 Å². The summed E-state index contributed by atoms with van der Waals surface area (Å²) in [6.07, 6.45) is 3.12. The van der Waals surface area contributed by atoms with Crippen LogP contribution in [0.15, 0.2) is 11.4 Å². The number of carbonyl (C=O) groups excluding carboxylic acids is 1. The Labute approximate surface area is 124 Å². The third kappa shape index (κ3) is 3.44. The lowest BCUT2D eigenvalue weighted by molar-refractivity contribution is -0.129. The van der Waals surface area contributed by atoms with E-state index in [2.05, 4.69) is 11.9 Å². The molecule has 21 heavy (non-hydrogen) atoms. The number of aliphatic hydroxyl groups excluding tert-OH is 1. The highest BCUT2D eigenvalue weighted by atomic mass is 32.2. The van der Waals surface area contributed by atoms with E-state index in [1.165, 1.54) is 17.8 Å². The summed E-state index contributed by atoms with van der Waals surface area (Å²) in [7, 11) is -2.28. The lowest BCUT2D eigenvalue weighted by Crippen LogP contribution is -2.41. The zero-order chi connectivity index (χ0) is 15.6. The minimum atomic E-state index is -3.79. The molecule has 1 aliphatic rings. The van der Waals surface area contributed by atoms with Crippen molar-refractivity contribution in [2.45, 2.75) is 31.5 Å². The van der Waals surface area contributed by atoms with E-state index in [1.807, 2.05) is 0 Å². The highest BCUT2D eigenvalue weighted by Gasteiger charge is 2.29. The number of imidazole rings is 1. The van der Waals surface area contributed by atoms with E-state index in [0.717, 1.165) is 12.8 Å². The van der Waals surface area contributed by atoms with Gasteiger partial charge in [-0.15, -0.1) is 0 Å². The van der Waals surface area contributed by atoms with Crippen LogP contribution in [0.2, 0.25) is 0 Å². The van der Waals surface area contributed by atoms with E-state index >= 15 is 0 Å². The van der Waals surface area contributed by atoms with E-state index in [0.29, 0.717) is 24.7 Å². The Hall–Kier alpha value is -1.41. The smallest absolute Gasteiger partial charge is 0.238 e. The van der Waals surface area contributed by atoms with Gasteiger partial charge >= 0.3 is 0 Å². The molecule has 0 saturated carbocycles. The Bertz CT molecular complexity index is 615. The molecule has 2 rings (SSSR count). The molecule has 1 aromatic heterocycles. The molecule has 1 aromatic rings. The Morgan fingerprint density at radius 1 is 1.43 bits per heavy atom. The van der Waals surface area contributed by atoms with Gasteiger partial charge in [-0.25, -0.2) is 13.4 Å². The van der Waals surface area contributed by atoms with Crippen molar-refractivity contribution in [2.75, 3.05) is 18.8 Å². The number of hydrogen-bond donors (Lipinski definition) is 1. The molecule has 1 saturated heterocycles. The zero-order valence-electron chi connectivity index (χ0n) is 12.3. The molecule has 0 bridgehead atoms. The number of aliphatic hydroxyl groups is 1. The molecule has 8 heteroatoms. The number of aromatic nitrogens is 2. The minimum absolute atomic E-state index is 0.176. The number of likely N-dealkylation sites (tertiary alicyclic amines) is 1. The largest absolute Gasteiger partial charge is 0.390 e. The quantitative estimate of drug-likeness (QED) is 0.840. The van der Waals surface area contributed by atoms with Crippen LogP contribution < -0.4 is 0 Å². The van der Waals surface area contributed by atoms with Crippen LogP contribution in [0.4, 0.5) is 0 Å². The third-order valence-corrected chi connectivity index (χ3v) is 5.49. The van der Waals surface area contributed by atoms with Gasteiger partial charge in [-0.2, -0.15) is 0 Å². The van der Waals surface area contributed by atoms with Gasteiger partial charge in [-0.05, 0) is 18.8 Å². The summed E-state index contributed by atoms with van der Waals surface area (Å²) in [5.41, 5.74) is 0.396. The molecule has 0 unspecified atom stereocenters. The monoisotopic (exact) mass is 315 g/mol. The first-order chi connectivity index (χ1) is 9.85. The fourth-order valence-corrected chi connectivity index (χ4v) is 3.82. The van der Waals surface area contributed by atoms with Crippen molar-refractivity contribution >= 4 is 15.7 Å². The van der Waals surface area contributed by atoms with Crippen molar-refractivity contribution in [3.05, 3.63) is 11.9 Å². The van der Waals surface area contributed by atoms with Crippen molar-refractivity contribution < 1.29 is 18.3 Å². The molecule has 0 atom stereocenters. The number of piperidine rings is 1. The van der Waals surface area contributed by atoms with Crippen LogP contribution in [0.25, 0.3) is 0 Å². The lowest BCUT2D eigenvalue weighted by Gasteiger charge is -2.30. The molecule has 0 aromatic carbocycles. The van der Waals surface area contributed by atoms with Gasteiger partial charge in [0.25, 0.3) is 0 Å². The molecule has 1 amide bonds. The summed E-state index contributed by atoms with van der Waals surface area (Å²) >= 11 is 0. The molecule has 118 valence electrons. The van der Waals surface area contributed by atoms with E-state index in [1.54, 1.807) is 4.90 Å². The molecule has 1 aliphatic heterocycles. The standard InChI is InChI=1S/C13H21N3O4S/c1-10-3-5-16(6-4-10)12(18)9-21(19,20)13-14-7-11(8-17)15(13)2/h7,10,17H,3-6,8-9H2,1-2H3. The first-order valence-corrected chi connectivity index (χ1v) is 8.62. The average molecular weight is 315 g/mol. The van der Waals surface area contributed by atoms with Crippen LogP contribution in [-0.2, 0) is 28.3 Å². The molecule has 0 aliphatic carbocycles. The first-order valence-electron chi connectivity index (χ1n) is 6.97. The van der Waals surface area contributed by atoms with Gasteiger partial charge in [0.05, 0.1) is 18.5 Å². The van der Waals surface area contributed by atoms with Gasteiger partial charge in [0.15, 0.2) is 0 Å². The number of nitrogens with zero attached hydrogens (tertiary/aromatic N) is 3. The fourth-order valence-electron chi connectivity index (χ4n) is 2.44.